The highest BCUT2D eigenvalue weighted by molar-refractivity contribution is 9.10. The highest BCUT2D eigenvalue weighted by Crippen LogP contribution is 2.25. The molecule has 0 atom stereocenters. The molecule has 1 amide bonds. The first kappa shape index (κ1) is 11.5. The third kappa shape index (κ3) is 2.31. The van der Waals surface area contributed by atoms with E-state index in [0.717, 1.165) is 28.6 Å². The van der Waals surface area contributed by atoms with Crippen LogP contribution in [0.2, 0.25) is 0 Å². The third-order valence-electron chi connectivity index (χ3n) is 2.91. The lowest BCUT2D eigenvalue weighted by Gasteiger charge is -2.04. The van der Waals surface area contributed by atoms with Gasteiger partial charge in [0.25, 0.3) is 5.91 Å². The van der Waals surface area contributed by atoms with Gasteiger partial charge in [0.05, 0.1) is 17.5 Å². The summed E-state index contributed by atoms with van der Waals surface area (Å²) in [6, 6.07) is 8.14. The molecule has 0 saturated heterocycles. The second kappa shape index (κ2) is 4.57. The molecule has 2 aromatic rings. The summed E-state index contributed by atoms with van der Waals surface area (Å²) in [6.07, 6.45) is 3.74. The van der Waals surface area contributed by atoms with E-state index in [0.29, 0.717) is 11.6 Å². The lowest BCUT2D eigenvalue weighted by Crippen LogP contribution is -2.25. The summed E-state index contributed by atoms with van der Waals surface area (Å²) in [5, 5.41) is 9.84. The van der Waals surface area contributed by atoms with E-state index in [9.17, 15) is 4.79 Å². The third-order valence-corrected chi connectivity index (χ3v) is 3.40. The summed E-state index contributed by atoms with van der Waals surface area (Å²) in [6.45, 7) is 0. The molecule has 2 N–H and O–H groups in total. The van der Waals surface area contributed by atoms with Crippen LogP contribution < -0.4 is 5.32 Å². The Bertz CT molecular complexity index is 589. The number of nitrogens with one attached hydrogen (secondary N) is 2. The van der Waals surface area contributed by atoms with Gasteiger partial charge in [0.15, 0.2) is 0 Å². The van der Waals surface area contributed by atoms with Gasteiger partial charge in [-0.2, -0.15) is 5.10 Å². The highest BCUT2D eigenvalue weighted by atomic mass is 79.9. The van der Waals surface area contributed by atoms with Gasteiger partial charge in [-0.25, -0.2) is 0 Å². The minimum atomic E-state index is -0.0544. The Morgan fingerprint density at radius 1 is 1.44 bits per heavy atom. The normalized spacial score (nSPS) is 14.5. The number of aromatic amines is 1. The molecule has 1 aromatic carbocycles. The maximum Gasteiger partial charge on any atom is 0.255 e. The number of hydrogen-bond acceptors (Lipinski definition) is 2. The molecular formula is C13H12BrN3O. The number of hydrogen-bond donors (Lipinski definition) is 2. The van der Waals surface area contributed by atoms with Gasteiger partial charge in [0.2, 0.25) is 0 Å². The van der Waals surface area contributed by atoms with E-state index in [-0.39, 0.29) is 5.91 Å². The van der Waals surface area contributed by atoms with E-state index in [1.807, 2.05) is 24.3 Å². The fraction of sp³-hybridized carbons (Fsp3) is 0.231. The van der Waals surface area contributed by atoms with Crippen molar-refractivity contribution in [2.45, 2.75) is 18.9 Å². The van der Waals surface area contributed by atoms with Crippen molar-refractivity contribution in [2.24, 2.45) is 0 Å². The Hall–Kier alpha value is -1.62. The Morgan fingerprint density at radius 3 is 3.00 bits per heavy atom. The second-order valence-corrected chi connectivity index (χ2v) is 5.33. The molecule has 4 nitrogen and oxygen atoms in total. The predicted octanol–water partition coefficient (Wildman–Crippen LogP) is 2.73. The molecular weight excluding hydrogens is 294 g/mol. The van der Waals surface area contributed by atoms with Gasteiger partial charge in [-0.15, -0.1) is 0 Å². The van der Waals surface area contributed by atoms with Gasteiger partial charge in [-0.1, -0.05) is 28.1 Å². The molecule has 1 saturated carbocycles. The van der Waals surface area contributed by atoms with Crippen LogP contribution in [-0.2, 0) is 0 Å². The first-order valence-corrected chi connectivity index (χ1v) is 6.63. The van der Waals surface area contributed by atoms with Crippen LogP contribution >= 0.6 is 15.9 Å². The van der Waals surface area contributed by atoms with Crippen LogP contribution in [0.15, 0.2) is 34.9 Å². The standard InChI is InChI=1S/C13H12BrN3O/c14-9-3-1-2-8(6-9)12-11(7-15-17-12)13(18)16-10-4-5-10/h1-3,6-7,10H,4-5H2,(H,15,17)(H,16,18). The van der Waals surface area contributed by atoms with Crippen molar-refractivity contribution in [3.05, 3.63) is 40.5 Å². The molecule has 0 unspecified atom stereocenters. The number of amides is 1. The minimum Gasteiger partial charge on any atom is -0.349 e. The van der Waals surface area contributed by atoms with Crippen LogP contribution in [0.5, 0.6) is 0 Å². The van der Waals surface area contributed by atoms with Crippen LogP contribution in [-0.4, -0.2) is 22.1 Å². The van der Waals surface area contributed by atoms with Crippen LogP contribution in [0.4, 0.5) is 0 Å². The van der Waals surface area contributed by atoms with E-state index in [2.05, 4.69) is 31.4 Å². The first-order valence-electron chi connectivity index (χ1n) is 5.84. The van der Waals surface area contributed by atoms with Crippen molar-refractivity contribution in [3.63, 3.8) is 0 Å². The van der Waals surface area contributed by atoms with Gasteiger partial charge >= 0.3 is 0 Å². The van der Waals surface area contributed by atoms with Crippen LogP contribution in [0.1, 0.15) is 23.2 Å². The maximum atomic E-state index is 12.1. The number of benzene rings is 1. The molecule has 18 heavy (non-hydrogen) atoms. The lowest BCUT2D eigenvalue weighted by molar-refractivity contribution is 0.0952. The topological polar surface area (TPSA) is 57.8 Å². The van der Waals surface area contributed by atoms with Crippen molar-refractivity contribution in [1.29, 1.82) is 0 Å². The number of nitrogens with zero attached hydrogens (tertiary/aromatic N) is 1. The Balaban J connectivity index is 1.92. The zero-order chi connectivity index (χ0) is 12.5. The Kier molecular flexibility index (Phi) is 2.91. The van der Waals surface area contributed by atoms with Gasteiger partial charge in [0, 0.05) is 16.1 Å². The summed E-state index contributed by atoms with van der Waals surface area (Å²) in [4.78, 5) is 12.1. The molecule has 1 heterocycles. The molecule has 1 aliphatic carbocycles. The van der Waals surface area contributed by atoms with E-state index in [1.54, 1.807) is 6.20 Å². The van der Waals surface area contributed by atoms with Crippen molar-refractivity contribution < 1.29 is 4.79 Å². The predicted molar refractivity (Wildman–Crippen MR) is 72.2 cm³/mol. The summed E-state index contributed by atoms with van der Waals surface area (Å²) in [5.41, 5.74) is 2.30. The molecule has 0 aliphatic heterocycles. The SMILES string of the molecule is O=C(NC1CC1)c1cn[nH]c1-c1cccc(Br)c1. The molecule has 5 heteroatoms. The van der Waals surface area contributed by atoms with Crippen molar-refractivity contribution >= 4 is 21.8 Å². The molecule has 0 bridgehead atoms. The number of carbonyl (C=O) groups excluding carboxylic acids is 1. The average molecular weight is 306 g/mol. The summed E-state index contributed by atoms with van der Waals surface area (Å²) >= 11 is 3.42. The lowest BCUT2D eigenvalue weighted by atomic mass is 10.1. The number of rotatable bonds is 3. The van der Waals surface area contributed by atoms with Crippen LogP contribution in [0.3, 0.4) is 0 Å². The quantitative estimate of drug-likeness (QED) is 0.916. The second-order valence-electron chi connectivity index (χ2n) is 4.42. The number of aromatic nitrogens is 2. The van der Waals surface area contributed by atoms with Crippen LogP contribution in [0, 0.1) is 0 Å². The van der Waals surface area contributed by atoms with E-state index in [1.165, 1.54) is 0 Å². The minimum absolute atomic E-state index is 0.0544. The molecule has 1 aliphatic rings. The van der Waals surface area contributed by atoms with Crippen molar-refractivity contribution in [1.82, 2.24) is 15.5 Å². The van der Waals surface area contributed by atoms with Gasteiger partial charge < -0.3 is 5.32 Å². The van der Waals surface area contributed by atoms with Crippen LogP contribution in [0.25, 0.3) is 11.3 Å². The molecule has 0 spiro atoms. The number of carbonyl (C=O) groups is 1. The van der Waals surface area contributed by atoms with Crippen molar-refractivity contribution in [3.8, 4) is 11.3 Å². The fourth-order valence-corrected chi connectivity index (χ4v) is 2.21. The zero-order valence-corrected chi connectivity index (χ0v) is 11.2. The van der Waals surface area contributed by atoms with Crippen molar-refractivity contribution in [2.75, 3.05) is 0 Å². The highest BCUT2D eigenvalue weighted by Gasteiger charge is 2.25. The maximum absolute atomic E-state index is 12.1. The average Bonchev–Trinajstić information content (AvgIpc) is 3.03. The molecule has 1 fully saturated rings. The largest absolute Gasteiger partial charge is 0.349 e. The van der Waals surface area contributed by atoms with E-state index >= 15 is 0 Å². The first-order chi connectivity index (χ1) is 8.74. The summed E-state index contributed by atoms with van der Waals surface area (Å²) in [7, 11) is 0. The van der Waals surface area contributed by atoms with E-state index < -0.39 is 0 Å². The number of H-pyrrole nitrogens is 1. The summed E-state index contributed by atoms with van der Waals surface area (Å²) in [5.74, 6) is -0.0544. The number of halogens is 1. The molecule has 92 valence electrons. The Labute approximate surface area is 113 Å². The zero-order valence-electron chi connectivity index (χ0n) is 9.61. The summed E-state index contributed by atoms with van der Waals surface area (Å²) < 4.78 is 0.975. The van der Waals surface area contributed by atoms with Gasteiger partial charge in [-0.05, 0) is 25.0 Å². The monoisotopic (exact) mass is 305 g/mol. The Morgan fingerprint density at radius 2 is 2.28 bits per heavy atom. The van der Waals surface area contributed by atoms with Gasteiger partial charge in [0.1, 0.15) is 0 Å². The molecule has 3 rings (SSSR count). The fourth-order valence-electron chi connectivity index (χ4n) is 1.81. The van der Waals surface area contributed by atoms with E-state index in [4.69, 9.17) is 0 Å². The van der Waals surface area contributed by atoms with Gasteiger partial charge in [-0.3, -0.25) is 9.89 Å². The molecule has 0 radical (unpaired) electrons. The molecule has 1 aromatic heterocycles. The smallest absolute Gasteiger partial charge is 0.255 e.